The first kappa shape index (κ1) is 15.0. The Morgan fingerprint density at radius 1 is 0.870 bits per heavy atom. The van der Waals surface area contributed by atoms with E-state index in [-0.39, 0.29) is 0 Å². The topological polar surface area (TPSA) is 60.6 Å². The molecule has 0 unspecified atom stereocenters. The van der Waals surface area contributed by atoms with Crippen molar-refractivity contribution < 1.29 is 19.0 Å². The molecular formula is C18H17NO4. The summed E-state index contributed by atoms with van der Waals surface area (Å²) in [6, 6.07) is 11.1. The standard InChI is InChI=1S/C18H17NO4/c1-21-13-5-11(10-20)4-12(6-13)16-9-15-17(19-16)7-14(22-2)8-18(15)23-3/h4-10,19H,1-3H3. The van der Waals surface area contributed by atoms with Crippen LogP contribution in [0.4, 0.5) is 0 Å². The molecular weight excluding hydrogens is 294 g/mol. The fourth-order valence-corrected chi connectivity index (χ4v) is 2.58. The number of methoxy groups -OCH3 is 3. The molecule has 23 heavy (non-hydrogen) atoms. The molecule has 5 nitrogen and oxygen atoms in total. The minimum absolute atomic E-state index is 0.558. The number of rotatable bonds is 5. The fraction of sp³-hybridized carbons (Fsp3) is 0.167. The van der Waals surface area contributed by atoms with Gasteiger partial charge in [-0.25, -0.2) is 0 Å². The van der Waals surface area contributed by atoms with Gasteiger partial charge in [0, 0.05) is 34.3 Å². The zero-order valence-electron chi connectivity index (χ0n) is 13.2. The lowest BCUT2D eigenvalue weighted by Gasteiger charge is -2.05. The van der Waals surface area contributed by atoms with E-state index in [9.17, 15) is 4.79 Å². The summed E-state index contributed by atoms with van der Waals surface area (Å²) in [5.74, 6) is 2.06. The third-order valence-electron chi connectivity index (χ3n) is 3.74. The van der Waals surface area contributed by atoms with Crippen LogP contribution in [0.5, 0.6) is 17.2 Å². The number of nitrogens with one attached hydrogen (secondary N) is 1. The van der Waals surface area contributed by atoms with E-state index in [1.165, 1.54) is 0 Å². The number of hydrogen-bond donors (Lipinski definition) is 1. The number of H-pyrrole nitrogens is 1. The lowest BCUT2D eigenvalue weighted by molar-refractivity contribution is 0.112. The molecule has 118 valence electrons. The summed E-state index contributed by atoms with van der Waals surface area (Å²) in [5.41, 5.74) is 3.19. The Labute approximate surface area is 133 Å². The Hall–Kier alpha value is -2.95. The van der Waals surface area contributed by atoms with Crippen LogP contribution >= 0.6 is 0 Å². The van der Waals surface area contributed by atoms with Crippen molar-refractivity contribution in [1.29, 1.82) is 0 Å². The van der Waals surface area contributed by atoms with Gasteiger partial charge in [0.2, 0.25) is 0 Å². The van der Waals surface area contributed by atoms with E-state index in [1.54, 1.807) is 27.4 Å². The van der Waals surface area contributed by atoms with Gasteiger partial charge in [0.05, 0.1) is 26.8 Å². The van der Waals surface area contributed by atoms with E-state index in [0.29, 0.717) is 17.1 Å². The van der Waals surface area contributed by atoms with Crippen LogP contribution in [0.25, 0.3) is 22.2 Å². The predicted octanol–water partition coefficient (Wildman–Crippen LogP) is 3.67. The van der Waals surface area contributed by atoms with Crippen molar-refractivity contribution in [1.82, 2.24) is 4.98 Å². The van der Waals surface area contributed by atoms with Crippen molar-refractivity contribution in [2.45, 2.75) is 0 Å². The number of aromatic nitrogens is 1. The monoisotopic (exact) mass is 311 g/mol. The molecule has 0 aliphatic rings. The van der Waals surface area contributed by atoms with Crippen molar-refractivity contribution in [3.8, 4) is 28.5 Å². The summed E-state index contributed by atoms with van der Waals surface area (Å²) in [6.45, 7) is 0. The van der Waals surface area contributed by atoms with Gasteiger partial charge in [-0.1, -0.05) is 0 Å². The van der Waals surface area contributed by atoms with E-state index in [4.69, 9.17) is 14.2 Å². The molecule has 0 bridgehead atoms. The average molecular weight is 311 g/mol. The zero-order chi connectivity index (χ0) is 16.4. The van der Waals surface area contributed by atoms with E-state index in [1.807, 2.05) is 30.3 Å². The van der Waals surface area contributed by atoms with Gasteiger partial charge < -0.3 is 19.2 Å². The quantitative estimate of drug-likeness (QED) is 0.730. The summed E-state index contributed by atoms with van der Waals surface area (Å²) < 4.78 is 16.0. The molecule has 3 rings (SSSR count). The fourth-order valence-electron chi connectivity index (χ4n) is 2.58. The molecule has 5 heteroatoms. The highest BCUT2D eigenvalue weighted by Crippen LogP contribution is 2.35. The minimum Gasteiger partial charge on any atom is -0.497 e. The van der Waals surface area contributed by atoms with Gasteiger partial charge >= 0.3 is 0 Å². The first-order valence-electron chi connectivity index (χ1n) is 7.08. The molecule has 0 radical (unpaired) electrons. The van der Waals surface area contributed by atoms with Crippen molar-refractivity contribution >= 4 is 17.2 Å². The van der Waals surface area contributed by atoms with Crippen molar-refractivity contribution in [3.05, 3.63) is 42.0 Å². The van der Waals surface area contributed by atoms with Crippen molar-refractivity contribution in [2.75, 3.05) is 21.3 Å². The van der Waals surface area contributed by atoms with E-state index < -0.39 is 0 Å². The van der Waals surface area contributed by atoms with Crippen LogP contribution in [-0.2, 0) is 0 Å². The molecule has 3 aromatic rings. The smallest absolute Gasteiger partial charge is 0.150 e. The van der Waals surface area contributed by atoms with Gasteiger partial charge in [-0.15, -0.1) is 0 Å². The minimum atomic E-state index is 0.558. The SMILES string of the molecule is COc1cc(C=O)cc(-c2cc3c(OC)cc(OC)cc3[nH]2)c1. The number of hydrogen-bond acceptors (Lipinski definition) is 4. The van der Waals surface area contributed by atoms with E-state index in [0.717, 1.165) is 34.2 Å². The maximum absolute atomic E-state index is 11.1. The predicted molar refractivity (Wildman–Crippen MR) is 88.8 cm³/mol. The largest absolute Gasteiger partial charge is 0.497 e. The third kappa shape index (κ3) is 2.73. The van der Waals surface area contributed by atoms with Crippen LogP contribution < -0.4 is 14.2 Å². The van der Waals surface area contributed by atoms with Crippen LogP contribution in [0.3, 0.4) is 0 Å². The highest BCUT2D eigenvalue weighted by molar-refractivity contribution is 5.92. The van der Waals surface area contributed by atoms with Crippen LogP contribution in [0.1, 0.15) is 10.4 Å². The van der Waals surface area contributed by atoms with E-state index >= 15 is 0 Å². The molecule has 0 spiro atoms. The highest BCUT2D eigenvalue weighted by Gasteiger charge is 2.11. The van der Waals surface area contributed by atoms with Gasteiger partial charge in [0.25, 0.3) is 0 Å². The average Bonchev–Trinajstić information content (AvgIpc) is 3.04. The number of aldehydes is 1. The summed E-state index contributed by atoms with van der Waals surface area (Å²) in [4.78, 5) is 14.4. The maximum atomic E-state index is 11.1. The van der Waals surface area contributed by atoms with Crippen LogP contribution in [-0.4, -0.2) is 32.6 Å². The first-order valence-corrected chi connectivity index (χ1v) is 7.08. The zero-order valence-corrected chi connectivity index (χ0v) is 13.2. The van der Waals surface area contributed by atoms with Gasteiger partial charge in [-0.05, 0) is 24.3 Å². The molecule has 0 amide bonds. The second-order valence-electron chi connectivity index (χ2n) is 5.09. The molecule has 1 N–H and O–H groups in total. The third-order valence-corrected chi connectivity index (χ3v) is 3.74. The number of carbonyl (C=O) groups is 1. The molecule has 1 heterocycles. The Kier molecular flexibility index (Phi) is 3.93. The Balaban J connectivity index is 2.19. The molecule has 2 aromatic carbocycles. The van der Waals surface area contributed by atoms with Gasteiger partial charge in [0.1, 0.15) is 23.5 Å². The molecule has 0 atom stereocenters. The normalized spacial score (nSPS) is 10.6. The van der Waals surface area contributed by atoms with Crippen LogP contribution in [0, 0.1) is 0 Å². The number of carbonyl (C=O) groups excluding carboxylic acids is 1. The van der Waals surface area contributed by atoms with Gasteiger partial charge in [0.15, 0.2) is 0 Å². The first-order chi connectivity index (χ1) is 11.2. The highest BCUT2D eigenvalue weighted by atomic mass is 16.5. The Morgan fingerprint density at radius 3 is 2.26 bits per heavy atom. The summed E-state index contributed by atoms with van der Waals surface area (Å²) in [7, 11) is 4.81. The van der Waals surface area contributed by atoms with Gasteiger partial charge in [-0.2, -0.15) is 0 Å². The Bertz CT molecular complexity index is 867. The summed E-state index contributed by atoms with van der Waals surface area (Å²) >= 11 is 0. The van der Waals surface area contributed by atoms with Gasteiger partial charge in [-0.3, -0.25) is 4.79 Å². The maximum Gasteiger partial charge on any atom is 0.150 e. The second kappa shape index (κ2) is 6.04. The van der Waals surface area contributed by atoms with Crippen LogP contribution in [0.15, 0.2) is 36.4 Å². The van der Waals surface area contributed by atoms with Crippen molar-refractivity contribution in [3.63, 3.8) is 0 Å². The number of aromatic amines is 1. The van der Waals surface area contributed by atoms with Crippen LogP contribution in [0.2, 0.25) is 0 Å². The molecule has 0 saturated carbocycles. The lowest BCUT2D eigenvalue weighted by Crippen LogP contribution is -1.88. The number of benzene rings is 2. The molecule has 0 aliphatic carbocycles. The summed E-state index contributed by atoms with van der Waals surface area (Å²) in [5, 5.41) is 0.943. The molecule has 0 saturated heterocycles. The van der Waals surface area contributed by atoms with Crippen molar-refractivity contribution in [2.24, 2.45) is 0 Å². The van der Waals surface area contributed by atoms with E-state index in [2.05, 4.69) is 4.98 Å². The Morgan fingerprint density at radius 2 is 1.61 bits per heavy atom. The summed E-state index contributed by atoms with van der Waals surface area (Å²) in [6.07, 6.45) is 0.804. The molecule has 0 fully saturated rings. The molecule has 0 aliphatic heterocycles. The molecule has 1 aromatic heterocycles. The lowest BCUT2D eigenvalue weighted by atomic mass is 10.1. The second-order valence-corrected chi connectivity index (χ2v) is 5.09. The number of fused-ring (bicyclic) bond motifs is 1. The number of ether oxygens (including phenoxy) is 3.